The van der Waals surface area contributed by atoms with Crippen LogP contribution in [-0.2, 0) is 4.79 Å². The van der Waals surface area contributed by atoms with Gasteiger partial charge >= 0.3 is 0 Å². The summed E-state index contributed by atoms with van der Waals surface area (Å²) < 4.78 is 1.90. The zero-order valence-corrected chi connectivity index (χ0v) is 14.0. The second-order valence-electron chi connectivity index (χ2n) is 5.41. The molecule has 1 aromatic carbocycles. The third-order valence-corrected chi connectivity index (χ3v) is 3.84. The Kier molecular flexibility index (Phi) is 4.41. The van der Waals surface area contributed by atoms with Gasteiger partial charge in [-0.2, -0.15) is 0 Å². The summed E-state index contributed by atoms with van der Waals surface area (Å²) in [5.74, 6) is 1.52. The molecule has 7 heteroatoms. The quantitative estimate of drug-likeness (QED) is 0.781. The predicted molar refractivity (Wildman–Crippen MR) is 94.5 cm³/mol. The van der Waals surface area contributed by atoms with Crippen molar-refractivity contribution in [3.05, 3.63) is 36.9 Å². The molecule has 0 aliphatic carbocycles. The minimum Gasteiger partial charge on any atom is -0.357 e. The van der Waals surface area contributed by atoms with Gasteiger partial charge in [-0.15, -0.1) is 0 Å². The van der Waals surface area contributed by atoms with E-state index in [-0.39, 0.29) is 5.91 Å². The normalized spacial score (nSPS) is 10.8. The Bertz CT molecular complexity index is 868. The first-order valence-electron chi connectivity index (χ1n) is 7.94. The van der Waals surface area contributed by atoms with Gasteiger partial charge in [0, 0.05) is 31.8 Å². The summed E-state index contributed by atoms with van der Waals surface area (Å²) in [4.78, 5) is 26.6. The molecule has 0 aliphatic rings. The van der Waals surface area contributed by atoms with Crippen LogP contribution in [0.1, 0.15) is 20.8 Å². The first kappa shape index (κ1) is 15.9. The number of nitrogens with zero attached hydrogens (tertiary/aromatic N) is 5. The van der Waals surface area contributed by atoms with E-state index in [2.05, 4.69) is 39.0 Å². The number of hydrogen-bond acceptors (Lipinski definition) is 5. The lowest BCUT2D eigenvalue weighted by Crippen LogP contribution is -2.23. The molecule has 3 rings (SSSR count). The number of hydrogen-bond donors (Lipinski definition) is 1. The molecule has 0 spiro atoms. The van der Waals surface area contributed by atoms with Crippen molar-refractivity contribution in [2.75, 3.05) is 23.3 Å². The van der Waals surface area contributed by atoms with Crippen LogP contribution in [0.4, 0.5) is 11.5 Å². The van der Waals surface area contributed by atoms with E-state index in [0.29, 0.717) is 0 Å². The molecule has 0 saturated carbocycles. The molecule has 7 nitrogen and oxygen atoms in total. The maximum absolute atomic E-state index is 11.3. The molecule has 0 aliphatic heterocycles. The minimum absolute atomic E-state index is 0.105. The van der Waals surface area contributed by atoms with Crippen LogP contribution in [0.3, 0.4) is 0 Å². The third-order valence-electron chi connectivity index (χ3n) is 3.84. The molecule has 0 bridgehead atoms. The Labute approximate surface area is 140 Å². The first-order chi connectivity index (χ1) is 11.6. The molecule has 1 amide bonds. The fraction of sp³-hybridized carbons (Fsp3) is 0.294. The number of imidazole rings is 1. The predicted octanol–water partition coefficient (Wildman–Crippen LogP) is 2.62. The SMILES string of the molecule is CCN(CC)c1cc(-n2cnc3ccc(NC(C)=O)cc32)ncn1. The van der Waals surface area contributed by atoms with Gasteiger partial charge in [0.15, 0.2) is 0 Å². The fourth-order valence-corrected chi connectivity index (χ4v) is 2.66. The fourth-order valence-electron chi connectivity index (χ4n) is 2.66. The van der Waals surface area contributed by atoms with Crippen LogP contribution >= 0.6 is 0 Å². The van der Waals surface area contributed by atoms with Crippen molar-refractivity contribution in [1.82, 2.24) is 19.5 Å². The van der Waals surface area contributed by atoms with Gasteiger partial charge in [-0.05, 0) is 32.0 Å². The van der Waals surface area contributed by atoms with Crippen LogP contribution in [0, 0.1) is 0 Å². The molecule has 124 valence electrons. The van der Waals surface area contributed by atoms with Crippen LogP contribution in [0.2, 0.25) is 0 Å². The second-order valence-corrected chi connectivity index (χ2v) is 5.41. The number of anilines is 2. The number of fused-ring (bicyclic) bond motifs is 1. The Morgan fingerprint density at radius 1 is 1.17 bits per heavy atom. The van der Waals surface area contributed by atoms with E-state index in [1.54, 1.807) is 12.7 Å². The van der Waals surface area contributed by atoms with Crippen molar-refractivity contribution < 1.29 is 4.79 Å². The van der Waals surface area contributed by atoms with E-state index in [4.69, 9.17) is 0 Å². The van der Waals surface area contributed by atoms with Gasteiger partial charge in [-0.25, -0.2) is 15.0 Å². The maximum Gasteiger partial charge on any atom is 0.221 e. The highest BCUT2D eigenvalue weighted by molar-refractivity contribution is 5.91. The summed E-state index contributed by atoms with van der Waals surface area (Å²) in [6.45, 7) is 7.44. The van der Waals surface area contributed by atoms with Crippen molar-refractivity contribution in [2.45, 2.75) is 20.8 Å². The lowest BCUT2D eigenvalue weighted by molar-refractivity contribution is -0.114. The molecule has 0 atom stereocenters. The topological polar surface area (TPSA) is 75.9 Å². The summed E-state index contributed by atoms with van der Waals surface area (Å²) in [5, 5.41) is 2.79. The summed E-state index contributed by atoms with van der Waals surface area (Å²) in [5.41, 5.74) is 2.45. The first-order valence-corrected chi connectivity index (χ1v) is 7.94. The highest BCUT2D eigenvalue weighted by Crippen LogP contribution is 2.22. The monoisotopic (exact) mass is 324 g/mol. The van der Waals surface area contributed by atoms with Crippen molar-refractivity contribution in [1.29, 1.82) is 0 Å². The number of carbonyl (C=O) groups is 1. The smallest absolute Gasteiger partial charge is 0.221 e. The van der Waals surface area contributed by atoms with E-state index in [1.807, 2.05) is 28.8 Å². The average Bonchev–Trinajstić information content (AvgIpc) is 2.99. The van der Waals surface area contributed by atoms with Crippen LogP contribution in [0.15, 0.2) is 36.9 Å². The molecule has 0 saturated heterocycles. The lowest BCUT2D eigenvalue weighted by Gasteiger charge is -2.19. The zero-order valence-electron chi connectivity index (χ0n) is 14.0. The standard InChI is InChI=1S/C17H20N6O/c1-4-22(5-2)16-9-17(19-10-18-16)23-11-20-14-7-6-13(8-15(14)23)21-12(3)24/h6-11H,4-5H2,1-3H3,(H,21,24). The van der Waals surface area contributed by atoms with Gasteiger partial charge in [0.2, 0.25) is 5.91 Å². The van der Waals surface area contributed by atoms with Gasteiger partial charge in [-0.3, -0.25) is 9.36 Å². The Morgan fingerprint density at radius 2 is 1.96 bits per heavy atom. The molecule has 2 aromatic heterocycles. The summed E-state index contributed by atoms with van der Waals surface area (Å²) >= 11 is 0. The number of amides is 1. The number of carbonyl (C=O) groups excluding carboxylic acids is 1. The lowest BCUT2D eigenvalue weighted by atomic mass is 10.2. The molecule has 0 radical (unpaired) electrons. The number of aromatic nitrogens is 4. The van der Waals surface area contributed by atoms with Crippen molar-refractivity contribution in [3.8, 4) is 5.82 Å². The van der Waals surface area contributed by atoms with Gasteiger partial charge in [0.25, 0.3) is 0 Å². The van der Waals surface area contributed by atoms with E-state index >= 15 is 0 Å². The Hall–Kier alpha value is -2.96. The van der Waals surface area contributed by atoms with Gasteiger partial charge in [0.05, 0.1) is 11.0 Å². The van der Waals surface area contributed by atoms with Crippen LogP contribution in [-0.4, -0.2) is 38.5 Å². The molecular weight excluding hydrogens is 304 g/mol. The van der Waals surface area contributed by atoms with Crippen LogP contribution in [0.5, 0.6) is 0 Å². The molecular formula is C17H20N6O. The van der Waals surface area contributed by atoms with Crippen molar-refractivity contribution >= 4 is 28.4 Å². The highest BCUT2D eigenvalue weighted by Gasteiger charge is 2.10. The Balaban J connectivity index is 2.05. The number of rotatable bonds is 5. The van der Waals surface area contributed by atoms with Crippen LogP contribution in [0.25, 0.3) is 16.9 Å². The second kappa shape index (κ2) is 6.66. The van der Waals surface area contributed by atoms with Gasteiger partial charge < -0.3 is 10.2 Å². The maximum atomic E-state index is 11.3. The highest BCUT2D eigenvalue weighted by atomic mass is 16.1. The van der Waals surface area contributed by atoms with E-state index in [1.165, 1.54) is 6.92 Å². The summed E-state index contributed by atoms with van der Waals surface area (Å²) in [6, 6.07) is 7.55. The average molecular weight is 324 g/mol. The largest absolute Gasteiger partial charge is 0.357 e. The minimum atomic E-state index is -0.105. The summed E-state index contributed by atoms with van der Waals surface area (Å²) in [7, 11) is 0. The van der Waals surface area contributed by atoms with E-state index < -0.39 is 0 Å². The molecule has 2 heterocycles. The van der Waals surface area contributed by atoms with Crippen LogP contribution < -0.4 is 10.2 Å². The molecule has 3 aromatic rings. The number of nitrogens with one attached hydrogen (secondary N) is 1. The zero-order chi connectivity index (χ0) is 17.1. The van der Waals surface area contributed by atoms with Gasteiger partial charge in [0.1, 0.15) is 24.3 Å². The third kappa shape index (κ3) is 3.05. The van der Waals surface area contributed by atoms with Crippen molar-refractivity contribution in [2.24, 2.45) is 0 Å². The van der Waals surface area contributed by atoms with E-state index in [9.17, 15) is 4.79 Å². The molecule has 1 N–H and O–H groups in total. The Morgan fingerprint density at radius 3 is 2.67 bits per heavy atom. The summed E-state index contributed by atoms with van der Waals surface area (Å²) in [6.07, 6.45) is 3.29. The van der Waals surface area contributed by atoms with Crippen molar-refractivity contribution in [3.63, 3.8) is 0 Å². The molecule has 0 unspecified atom stereocenters. The number of benzene rings is 1. The molecule has 0 fully saturated rings. The van der Waals surface area contributed by atoms with Gasteiger partial charge in [-0.1, -0.05) is 0 Å². The molecule has 24 heavy (non-hydrogen) atoms. The van der Waals surface area contributed by atoms with E-state index in [0.717, 1.165) is 41.4 Å².